The smallest absolute Gasteiger partial charge is 0.0186 e. The molecule has 3 heteroatoms. The third-order valence-electron chi connectivity index (χ3n) is 1.62. The number of rotatable bonds is 5. The van der Waals surface area contributed by atoms with Crippen molar-refractivity contribution in [1.82, 2.24) is 0 Å². The van der Waals surface area contributed by atoms with Gasteiger partial charge in [-0.1, -0.05) is 22.0 Å². The highest BCUT2D eigenvalue weighted by Crippen LogP contribution is 2.22. The SMILES string of the molecule is SCCCCSc1cccc(Br)c1. The predicted octanol–water partition coefficient (Wildman–Crippen LogP) is 4.25. The Bertz CT molecular complexity index is 250. The summed E-state index contributed by atoms with van der Waals surface area (Å²) in [4.78, 5) is 1.34. The first-order valence-electron chi connectivity index (χ1n) is 4.32. The third kappa shape index (κ3) is 4.99. The first-order chi connectivity index (χ1) is 6.33. The highest BCUT2D eigenvalue weighted by atomic mass is 79.9. The lowest BCUT2D eigenvalue weighted by Crippen LogP contribution is -1.81. The number of hydrogen-bond acceptors (Lipinski definition) is 2. The Hall–Kier alpha value is 0.400. The van der Waals surface area contributed by atoms with Crippen LogP contribution in [-0.4, -0.2) is 11.5 Å². The molecule has 1 rings (SSSR count). The number of thiol groups is 1. The van der Waals surface area contributed by atoms with Gasteiger partial charge in [0.1, 0.15) is 0 Å². The largest absolute Gasteiger partial charge is 0.179 e. The number of halogens is 1. The van der Waals surface area contributed by atoms with Gasteiger partial charge in [-0.05, 0) is 42.5 Å². The molecule has 72 valence electrons. The second-order valence-electron chi connectivity index (χ2n) is 2.74. The van der Waals surface area contributed by atoms with Gasteiger partial charge in [0.2, 0.25) is 0 Å². The second kappa shape index (κ2) is 6.80. The normalized spacial score (nSPS) is 10.3. The fraction of sp³-hybridized carbons (Fsp3) is 0.400. The van der Waals surface area contributed by atoms with Crippen LogP contribution in [0.2, 0.25) is 0 Å². The average Bonchev–Trinajstić information content (AvgIpc) is 2.13. The van der Waals surface area contributed by atoms with Crippen molar-refractivity contribution in [3.63, 3.8) is 0 Å². The second-order valence-corrected chi connectivity index (χ2v) is 5.27. The molecule has 0 N–H and O–H groups in total. The third-order valence-corrected chi connectivity index (χ3v) is 3.51. The summed E-state index contributed by atoms with van der Waals surface area (Å²) < 4.78 is 1.16. The van der Waals surface area contributed by atoms with E-state index in [1.165, 1.54) is 23.5 Å². The maximum Gasteiger partial charge on any atom is 0.0186 e. The Morgan fingerprint density at radius 2 is 2.15 bits per heavy atom. The molecule has 0 spiro atoms. The van der Waals surface area contributed by atoms with Crippen LogP contribution in [0, 0.1) is 0 Å². The van der Waals surface area contributed by atoms with Gasteiger partial charge in [0.15, 0.2) is 0 Å². The van der Waals surface area contributed by atoms with Crippen molar-refractivity contribution in [2.75, 3.05) is 11.5 Å². The summed E-state index contributed by atoms with van der Waals surface area (Å²) in [6.45, 7) is 0. The van der Waals surface area contributed by atoms with Crippen molar-refractivity contribution in [1.29, 1.82) is 0 Å². The molecule has 0 bridgehead atoms. The van der Waals surface area contributed by atoms with Gasteiger partial charge in [0.25, 0.3) is 0 Å². The summed E-state index contributed by atoms with van der Waals surface area (Å²) in [5.41, 5.74) is 0. The maximum atomic E-state index is 4.18. The van der Waals surface area contributed by atoms with Crippen molar-refractivity contribution in [2.45, 2.75) is 17.7 Å². The minimum atomic E-state index is 0.999. The Morgan fingerprint density at radius 1 is 1.31 bits per heavy atom. The van der Waals surface area contributed by atoms with E-state index in [1.807, 2.05) is 11.8 Å². The fourth-order valence-corrected chi connectivity index (χ4v) is 2.70. The molecule has 0 saturated carbocycles. The van der Waals surface area contributed by atoms with Crippen LogP contribution in [0.1, 0.15) is 12.8 Å². The highest BCUT2D eigenvalue weighted by Gasteiger charge is 1.94. The molecule has 0 heterocycles. The maximum absolute atomic E-state index is 4.18. The topological polar surface area (TPSA) is 0 Å². The van der Waals surface area contributed by atoms with Crippen LogP contribution < -0.4 is 0 Å². The number of thioether (sulfide) groups is 1. The Kier molecular flexibility index (Phi) is 6.00. The van der Waals surface area contributed by atoms with Gasteiger partial charge in [-0.3, -0.25) is 0 Å². The summed E-state index contributed by atoms with van der Waals surface area (Å²) in [6.07, 6.45) is 2.46. The van der Waals surface area contributed by atoms with Gasteiger partial charge in [-0.2, -0.15) is 12.6 Å². The lowest BCUT2D eigenvalue weighted by molar-refractivity contribution is 0.909. The fourth-order valence-electron chi connectivity index (χ4n) is 0.961. The summed E-state index contributed by atoms with van der Waals surface area (Å²) >= 11 is 9.55. The van der Waals surface area contributed by atoms with Crippen molar-refractivity contribution in [3.05, 3.63) is 28.7 Å². The Morgan fingerprint density at radius 3 is 2.85 bits per heavy atom. The molecule has 1 aromatic rings. The van der Waals surface area contributed by atoms with Crippen molar-refractivity contribution >= 4 is 40.3 Å². The quantitative estimate of drug-likeness (QED) is 0.477. The van der Waals surface area contributed by atoms with Crippen molar-refractivity contribution in [3.8, 4) is 0 Å². The molecular weight excluding hydrogens is 264 g/mol. The molecule has 0 nitrogen and oxygen atoms in total. The van der Waals surface area contributed by atoms with Crippen molar-refractivity contribution < 1.29 is 0 Å². The number of hydrogen-bond donors (Lipinski definition) is 1. The monoisotopic (exact) mass is 276 g/mol. The van der Waals surface area contributed by atoms with Gasteiger partial charge in [0, 0.05) is 9.37 Å². The summed E-state index contributed by atoms with van der Waals surface area (Å²) in [5, 5.41) is 0. The lowest BCUT2D eigenvalue weighted by atomic mass is 10.4. The predicted molar refractivity (Wildman–Crippen MR) is 68.0 cm³/mol. The zero-order valence-electron chi connectivity index (χ0n) is 7.37. The number of unbranched alkanes of at least 4 members (excludes halogenated alkanes) is 1. The lowest BCUT2D eigenvalue weighted by Gasteiger charge is -2.00. The van der Waals surface area contributed by atoms with E-state index in [4.69, 9.17) is 0 Å². The molecule has 0 fully saturated rings. The van der Waals surface area contributed by atoms with Crippen LogP contribution in [-0.2, 0) is 0 Å². The molecular formula is C10H13BrS2. The Balaban J connectivity index is 2.28. The molecule has 0 atom stereocenters. The van der Waals surface area contributed by atoms with Gasteiger partial charge in [-0.15, -0.1) is 11.8 Å². The van der Waals surface area contributed by atoms with Crippen LogP contribution >= 0.6 is 40.3 Å². The van der Waals surface area contributed by atoms with Crippen LogP contribution in [0.25, 0.3) is 0 Å². The van der Waals surface area contributed by atoms with E-state index in [2.05, 4.69) is 52.8 Å². The van der Waals surface area contributed by atoms with Crippen LogP contribution in [0.5, 0.6) is 0 Å². The molecule has 0 radical (unpaired) electrons. The van der Waals surface area contributed by atoms with Gasteiger partial charge in [-0.25, -0.2) is 0 Å². The number of benzene rings is 1. The molecule has 0 saturated heterocycles. The van der Waals surface area contributed by atoms with Gasteiger partial charge < -0.3 is 0 Å². The Labute approximate surface area is 98.0 Å². The minimum Gasteiger partial charge on any atom is -0.179 e. The summed E-state index contributed by atoms with van der Waals surface area (Å²) in [5.74, 6) is 2.19. The van der Waals surface area contributed by atoms with E-state index in [1.54, 1.807) is 0 Å². The molecule has 0 unspecified atom stereocenters. The van der Waals surface area contributed by atoms with E-state index in [0.29, 0.717) is 0 Å². The molecule has 0 aliphatic heterocycles. The summed E-state index contributed by atoms with van der Waals surface area (Å²) in [7, 11) is 0. The van der Waals surface area contributed by atoms with E-state index >= 15 is 0 Å². The van der Waals surface area contributed by atoms with E-state index in [0.717, 1.165) is 10.2 Å². The molecule has 13 heavy (non-hydrogen) atoms. The van der Waals surface area contributed by atoms with E-state index in [9.17, 15) is 0 Å². The molecule has 0 aromatic heterocycles. The molecule has 0 aliphatic carbocycles. The zero-order valence-corrected chi connectivity index (χ0v) is 10.7. The highest BCUT2D eigenvalue weighted by molar-refractivity contribution is 9.10. The van der Waals surface area contributed by atoms with Crippen LogP contribution in [0.4, 0.5) is 0 Å². The molecule has 0 amide bonds. The van der Waals surface area contributed by atoms with Crippen LogP contribution in [0.15, 0.2) is 33.6 Å². The standard InChI is InChI=1S/C10H13BrS2/c11-9-4-3-5-10(8-9)13-7-2-1-6-12/h3-5,8,12H,1-2,6-7H2. The average molecular weight is 277 g/mol. The molecule has 1 aromatic carbocycles. The van der Waals surface area contributed by atoms with Gasteiger partial charge in [0.05, 0.1) is 0 Å². The van der Waals surface area contributed by atoms with Crippen molar-refractivity contribution in [2.24, 2.45) is 0 Å². The van der Waals surface area contributed by atoms with E-state index in [-0.39, 0.29) is 0 Å². The summed E-state index contributed by atoms with van der Waals surface area (Å²) in [6, 6.07) is 8.43. The molecule has 0 aliphatic rings. The van der Waals surface area contributed by atoms with E-state index < -0.39 is 0 Å². The first kappa shape index (κ1) is 11.5. The van der Waals surface area contributed by atoms with Crippen LogP contribution in [0.3, 0.4) is 0 Å². The zero-order chi connectivity index (χ0) is 9.52. The van der Waals surface area contributed by atoms with Gasteiger partial charge >= 0.3 is 0 Å². The minimum absolute atomic E-state index is 0.999. The first-order valence-corrected chi connectivity index (χ1v) is 6.73.